The van der Waals surface area contributed by atoms with Gasteiger partial charge < -0.3 is 15.6 Å². The molecule has 1 saturated carbocycles. The maximum atomic E-state index is 12.2. The van der Waals surface area contributed by atoms with Crippen molar-refractivity contribution in [2.75, 3.05) is 22.1 Å². The van der Waals surface area contributed by atoms with Crippen molar-refractivity contribution in [3.63, 3.8) is 0 Å². The Labute approximate surface area is 181 Å². The summed E-state index contributed by atoms with van der Waals surface area (Å²) < 4.78 is 0.899. The molecule has 150 valence electrons. The molecule has 29 heavy (non-hydrogen) atoms. The maximum absolute atomic E-state index is 12.2. The Hall–Kier alpha value is -2.32. The fourth-order valence-corrected chi connectivity index (χ4v) is 4.20. The number of imidazole rings is 1. The molecule has 2 amide bonds. The monoisotopic (exact) mass is 472 g/mol. The number of carbonyl (C=O) groups is 2. The number of halogens is 1. The van der Waals surface area contributed by atoms with Crippen molar-refractivity contribution in [3.8, 4) is 0 Å². The van der Waals surface area contributed by atoms with Gasteiger partial charge in [-0.3, -0.25) is 9.59 Å². The van der Waals surface area contributed by atoms with Crippen LogP contribution in [0.1, 0.15) is 31.0 Å². The topological polar surface area (TPSA) is 86.9 Å². The number of fused-ring (bicyclic) bond motifs is 1. The standard InChI is InChI=1S/C21H21BrN4O2S/c22-14-5-2-6-15(9-14)23-19(27)11-29-12-20(28)24-16-7-8-17-18(10-16)26-21(25-17)13-3-1-4-13/h2,5-10,13H,1,3-4,11-12H2,(H,23,27)(H,24,28)(H,25,26). The van der Waals surface area contributed by atoms with Gasteiger partial charge in [0.2, 0.25) is 11.8 Å². The van der Waals surface area contributed by atoms with E-state index in [0.717, 1.165) is 32.7 Å². The molecule has 0 saturated heterocycles. The first kappa shape index (κ1) is 20.0. The summed E-state index contributed by atoms with van der Waals surface area (Å²) in [5, 5.41) is 5.70. The molecule has 1 aromatic heterocycles. The number of anilines is 2. The van der Waals surface area contributed by atoms with Crippen LogP contribution >= 0.6 is 27.7 Å². The van der Waals surface area contributed by atoms with Gasteiger partial charge in [-0.05, 0) is 49.2 Å². The van der Waals surface area contributed by atoms with Gasteiger partial charge in [0.05, 0.1) is 22.5 Å². The maximum Gasteiger partial charge on any atom is 0.234 e. The number of carbonyl (C=O) groups excluding carboxylic acids is 2. The van der Waals surface area contributed by atoms with Crippen LogP contribution in [0, 0.1) is 0 Å². The average Bonchev–Trinajstić information content (AvgIpc) is 3.02. The number of nitrogens with zero attached hydrogens (tertiary/aromatic N) is 1. The highest BCUT2D eigenvalue weighted by Crippen LogP contribution is 2.35. The van der Waals surface area contributed by atoms with Gasteiger partial charge in [-0.25, -0.2) is 4.98 Å². The minimum atomic E-state index is -0.136. The second-order valence-corrected chi connectivity index (χ2v) is 8.98. The molecule has 0 radical (unpaired) electrons. The van der Waals surface area contributed by atoms with E-state index < -0.39 is 0 Å². The SMILES string of the molecule is O=C(CSCC(=O)Nc1ccc2nc(C3CCC3)[nH]c2c1)Nc1cccc(Br)c1. The van der Waals surface area contributed by atoms with E-state index in [0.29, 0.717) is 5.92 Å². The lowest BCUT2D eigenvalue weighted by Crippen LogP contribution is -2.18. The lowest BCUT2D eigenvalue weighted by molar-refractivity contribution is -0.114. The van der Waals surface area contributed by atoms with Gasteiger partial charge in [0.25, 0.3) is 0 Å². The van der Waals surface area contributed by atoms with E-state index in [4.69, 9.17) is 0 Å². The molecule has 0 aliphatic heterocycles. The van der Waals surface area contributed by atoms with Gasteiger partial charge >= 0.3 is 0 Å². The third-order valence-corrected chi connectivity index (χ3v) is 6.28. The molecule has 1 fully saturated rings. The normalized spacial score (nSPS) is 13.8. The molecule has 0 bridgehead atoms. The van der Waals surface area contributed by atoms with Crippen LogP contribution < -0.4 is 10.6 Å². The first-order chi connectivity index (χ1) is 14.1. The van der Waals surface area contributed by atoms with Crippen molar-refractivity contribution >= 4 is 61.9 Å². The van der Waals surface area contributed by atoms with Crippen molar-refractivity contribution in [1.82, 2.24) is 9.97 Å². The zero-order valence-electron chi connectivity index (χ0n) is 15.7. The van der Waals surface area contributed by atoms with Gasteiger partial charge in [-0.15, -0.1) is 11.8 Å². The van der Waals surface area contributed by atoms with Gasteiger partial charge in [-0.2, -0.15) is 0 Å². The number of amides is 2. The molecule has 0 atom stereocenters. The number of rotatable bonds is 7. The molecule has 6 nitrogen and oxygen atoms in total. The van der Waals surface area contributed by atoms with E-state index in [1.165, 1.54) is 31.0 Å². The number of nitrogens with one attached hydrogen (secondary N) is 3. The Morgan fingerprint density at radius 3 is 2.45 bits per heavy atom. The van der Waals surface area contributed by atoms with Gasteiger partial charge in [0, 0.05) is 21.8 Å². The lowest BCUT2D eigenvalue weighted by atomic mass is 9.85. The number of aromatic amines is 1. The number of hydrogen-bond donors (Lipinski definition) is 3. The van der Waals surface area contributed by atoms with Crippen molar-refractivity contribution in [1.29, 1.82) is 0 Å². The summed E-state index contributed by atoms with van der Waals surface area (Å²) in [6.45, 7) is 0. The van der Waals surface area contributed by atoms with Crippen molar-refractivity contribution < 1.29 is 9.59 Å². The van der Waals surface area contributed by atoms with Crippen LogP contribution in [-0.2, 0) is 9.59 Å². The summed E-state index contributed by atoms with van der Waals surface area (Å²) in [6.07, 6.45) is 3.65. The van der Waals surface area contributed by atoms with Crippen LogP contribution in [-0.4, -0.2) is 33.3 Å². The predicted octanol–water partition coefficient (Wildman–Crippen LogP) is 4.90. The van der Waals surface area contributed by atoms with Crippen molar-refractivity contribution in [2.45, 2.75) is 25.2 Å². The molecule has 4 rings (SSSR count). The Bertz CT molecular complexity index is 1050. The summed E-state index contributed by atoms with van der Waals surface area (Å²) in [6, 6.07) is 13.1. The zero-order valence-corrected chi connectivity index (χ0v) is 18.1. The fraction of sp³-hybridized carbons (Fsp3) is 0.286. The van der Waals surface area contributed by atoms with Crippen LogP contribution in [0.15, 0.2) is 46.9 Å². The lowest BCUT2D eigenvalue weighted by Gasteiger charge is -2.22. The second kappa shape index (κ2) is 9.00. The molecule has 3 aromatic rings. The van der Waals surface area contributed by atoms with E-state index in [9.17, 15) is 9.59 Å². The number of H-pyrrole nitrogens is 1. The highest BCUT2D eigenvalue weighted by Gasteiger charge is 2.22. The highest BCUT2D eigenvalue weighted by atomic mass is 79.9. The zero-order chi connectivity index (χ0) is 20.2. The Kier molecular flexibility index (Phi) is 6.20. The average molecular weight is 473 g/mol. The van der Waals surface area contributed by atoms with E-state index in [2.05, 4.69) is 36.5 Å². The summed E-state index contributed by atoms with van der Waals surface area (Å²) in [5.41, 5.74) is 3.31. The molecular formula is C21H21BrN4O2S. The van der Waals surface area contributed by atoms with E-state index in [-0.39, 0.29) is 23.3 Å². The Morgan fingerprint density at radius 1 is 1.07 bits per heavy atom. The molecule has 1 heterocycles. The number of hydrogen-bond acceptors (Lipinski definition) is 4. The summed E-state index contributed by atoms with van der Waals surface area (Å²) in [7, 11) is 0. The van der Waals surface area contributed by atoms with E-state index >= 15 is 0 Å². The summed E-state index contributed by atoms with van der Waals surface area (Å²) in [4.78, 5) is 32.2. The Morgan fingerprint density at radius 2 is 1.79 bits per heavy atom. The highest BCUT2D eigenvalue weighted by molar-refractivity contribution is 9.10. The quantitative estimate of drug-likeness (QED) is 0.456. The molecule has 1 aliphatic carbocycles. The molecule has 2 aromatic carbocycles. The van der Waals surface area contributed by atoms with Crippen LogP contribution in [0.5, 0.6) is 0 Å². The molecule has 8 heteroatoms. The van der Waals surface area contributed by atoms with Crippen LogP contribution in [0.25, 0.3) is 11.0 Å². The van der Waals surface area contributed by atoms with Gasteiger partial charge in [0.15, 0.2) is 0 Å². The largest absolute Gasteiger partial charge is 0.342 e. The fourth-order valence-electron chi connectivity index (χ4n) is 3.18. The third-order valence-electron chi connectivity index (χ3n) is 4.85. The van der Waals surface area contributed by atoms with Gasteiger partial charge in [0.1, 0.15) is 5.82 Å². The summed E-state index contributed by atoms with van der Waals surface area (Å²) in [5.74, 6) is 1.73. The minimum Gasteiger partial charge on any atom is -0.342 e. The number of thioether (sulfide) groups is 1. The number of benzene rings is 2. The first-order valence-electron chi connectivity index (χ1n) is 9.49. The second-order valence-electron chi connectivity index (χ2n) is 7.08. The van der Waals surface area contributed by atoms with Crippen LogP contribution in [0.3, 0.4) is 0 Å². The molecule has 0 spiro atoms. The molecule has 1 aliphatic rings. The smallest absolute Gasteiger partial charge is 0.234 e. The summed E-state index contributed by atoms with van der Waals surface area (Å²) >= 11 is 4.65. The predicted molar refractivity (Wildman–Crippen MR) is 121 cm³/mol. The minimum absolute atomic E-state index is 0.136. The molecule has 3 N–H and O–H groups in total. The van der Waals surface area contributed by atoms with Crippen LogP contribution in [0.4, 0.5) is 11.4 Å². The van der Waals surface area contributed by atoms with Crippen molar-refractivity contribution in [3.05, 3.63) is 52.8 Å². The van der Waals surface area contributed by atoms with Gasteiger partial charge in [-0.1, -0.05) is 28.4 Å². The molecule has 0 unspecified atom stereocenters. The van der Waals surface area contributed by atoms with E-state index in [1.54, 1.807) is 0 Å². The third kappa shape index (κ3) is 5.19. The molecular weight excluding hydrogens is 452 g/mol. The van der Waals surface area contributed by atoms with Crippen LogP contribution in [0.2, 0.25) is 0 Å². The first-order valence-corrected chi connectivity index (χ1v) is 11.4. The van der Waals surface area contributed by atoms with E-state index in [1.807, 2.05) is 42.5 Å². The van der Waals surface area contributed by atoms with Crippen molar-refractivity contribution in [2.24, 2.45) is 0 Å². The Balaban J connectivity index is 1.25. The number of aromatic nitrogens is 2.